The van der Waals surface area contributed by atoms with Crippen molar-refractivity contribution >= 4 is 5.96 Å². The van der Waals surface area contributed by atoms with Crippen molar-refractivity contribution in [3.63, 3.8) is 0 Å². The lowest BCUT2D eigenvalue weighted by Gasteiger charge is -2.39. The van der Waals surface area contributed by atoms with Crippen molar-refractivity contribution in [3.8, 4) is 6.07 Å². The number of aliphatic imine (C=N–C) groups is 1. The highest BCUT2D eigenvalue weighted by atomic mass is 16.5. The van der Waals surface area contributed by atoms with Gasteiger partial charge in [0.15, 0.2) is 5.96 Å². The number of hydrogen-bond acceptors (Lipinski definition) is 3. The van der Waals surface area contributed by atoms with Crippen LogP contribution in [0.4, 0.5) is 0 Å². The fraction of sp³-hybridized carbons (Fsp3) is 0.895. The molecule has 1 heterocycles. The van der Waals surface area contributed by atoms with E-state index in [9.17, 15) is 5.26 Å². The van der Waals surface area contributed by atoms with Gasteiger partial charge in [0.25, 0.3) is 0 Å². The van der Waals surface area contributed by atoms with Gasteiger partial charge in [-0.1, -0.05) is 20.8 Å². The predicted octanol–water partition coefficient (Wildman–Crippen LogP) is 3.08. The van der Waals surface area contributed by atoms with E-state index in [1.165, 1.54) is 6.42 Å². The topological polar surface area (TPSA) is 69.4 Å². The average molecular weight is 335 g/mol. The number of ether oxygens (including phenoxy) is 1. The van der Waals surface area contributed by atoms with Crippen molar-refractivity contribution in [1.29, 1.82) is 5.26 Å². The highest BCUT2D eigenvalue weighted by molar-refractivity contribution is 5.80. The Hall–Kier alpha value is -1.28. The van der Waals surface area contributed by atoms with Crippen LogP contribution in [0.25, 0.3) is 0 Å². The summed E-state index contributed by atoms with van der Waals surface area (Å²) in [6.45, 7) is 11.3. The Morgan fingerprint density at radius 1 is 1.25 bits per heavy atom. The molecule has 5 nitrogen and oxygen atoms in total. The molecule has 136 valence electrons. The minimum absolute atomic E-state index is 0.106. The average Bonchev–Trinajstić information content (AvgIpc) is 2.99. The molecule has 0 spiro atoms. The Morgan fingerprint density at radius 2 is 2.04 bits per heavy atom. The molecular weight excluding hydrogens is 300 g/mol. The number of nitrogens with zero attached hydrogens (tertiary/aromatic N) is 2. The maximum Gasteiger partial charge on any atom is 0.191 e. The zero-order chi connectivity index (χ0) is 17.6. The van der Waals surface area contributed by atoms with E-state index >= 15 is 0 Å². The molecule has 0 bridgehead atoms. The molecule has 0 amide bonds. The molecule has 4 unspecified atom stereocenters. The third-order valence-electron chi connectivity index (χ3n) is 5.13. The largest absolute Gasteiger partial charge is 0.377 e. The van der Waals surface area contributed by atoms with Crippen LogP contribution in [0.2, 0.25) is 0 Å². The van der Waals surface area contributed by atoms with Gasteiger partial charge in [-0.3, -0.25) is 4.99 Å². The van der Waals surface area contributed by atoms with E-state index < -0.39 is 0 Å². The van der Waals surface area contributed by atoms with Crippen LogP contribution in [0.1, 0.15) is 59.8 Å². The van der Waals surface area contributed by atoms with Gasteiger partial charge >= 0.3 is 0 Å². The SMILES string of the molecule is CCNC(=NCC1CCCOC1C(C)(C)C)NC1CCCC1C#N. The molecule has 0 aromatic rings. The van der Waals surface area contributed by atoms with Gasteiger partial charge in [-0.25, -0.2) is 0 Å². The molecule has 4 atom stereocenters. The maximum absolute atomic E-state index is 9.27. The van der Waals surface area contributed by atoms with Gasteiger partial charge in [0.1, 0.15) is 0 Å². The van der Waals surface area contributed by atoms with Crippen molar-refractivity contribution in [2.24, 2.45) is 22.2 Å². The highest BCUT2D eigenvalue weighted by Gasteiger charge is 2.35. The summed E-state index contributed by atoms with van der Waals surface area (Å²) in [5.74, 6) is 1.42. The molecule has 1 aliphatic carbocycles. The van der Waals surface area contributed by atoms with E-state index in [2.05, 4.69) is 44.4 Å². The second kappa shape index (κ2) is 8.71. The van der Waals surface area contributed by atoms with Gasteiger partial charge in [0, 0.05) is 31.7 Å². The predicted molar refractivity (Wildman–Crippen MR) is 97.8 cm³/mol. The van der Waals surface area contributed by atoms with Gasteiger partial charge < -0.3 is 15.4 Å². The van der Waals surface area contributed by atoms with Crippen molar-refractivity contribution < 1.29 is 4.74 Å². The molecule has 1 aliphatic heterocycles. The summed E-state index contributed by atoms with van der Waals surface area (Å²) in [5.41, 5.74) is 0.143. The highest BCUT2D eigenvalue weighted by Crippen LogP contribution is 2.34. The first-order valence-electron chi connectivity index (χ1n) is 9.51. The fourth-order valence-electron chi connectivity index (χ4n) is 3.98. The lowest BCUT2D eigenvalue weighted by atomic mass is 9.78. The Labute approximate surface area is 147 Å². The van der Waals surface area contributed by atoms with Gasteiger partial charge in [0.05, 0.1) is 18.1 Å². The zero-order valence-electron chi connectivity index (χ0n) is 15.8. The Balaban J connectivity index is 2.00. The quantitative estimate of drug-likeness (QED) is 0.612. The second-order valence-electron chi connectivity index (χ2n) is 8.20. The van der Waals surface area contributed by atoms with Crippen LogP contribution in [0.3, 0.4) is 0 Å². The minimum atomic E-state index is 0.106. The van der Waals surface area contributed by atoms with Gasteiger partial charge in [-0.15, -0.1) is 0 Å². The number of nitrogens with one attached hydrogen (secondary N) is 2. The summed E-state index contributed by atoms with van der Waals surface area (Å²) >= 11 is 0. The summed E-state index contributed by atoms with van der Waals surface area (Å²) in [5, 5.41) is 16.1. The number of guanidine groups is 1. The summed E-state index contributed by atoms with van der Waals surface area (Å²) in [4.78, 5) is 4.84. The molecule has 2 fully saturated rings. The summed E-state index contributed by atoms with van der Waals surface area (Å²) in [7, 11) is 0. The van der Waals surface area contributed by atoms with Crippen LogP contribution < -0.4 is 10.6 Å². The van der Waals surface area contributed by atoms with E-state index in [0.717, 1.165) is 51.3 Å². The van der Waals surface area contributed by atoms with Gasteiger partial charge in [-0.05, 0) is 44.4 Å². The van der Waals surface area contributed by atoms with Gasteiger partial charge in [0.2, 0.25) is 0 Å². The molecule has 1 saturated carbocycles. The first kappa shape index (κ1) is 19.1. The second-order valence-corrected chi connectivity index (χ2v) is 8.20. The van der Waals surface area contributed by atoms with Crippen molar-refractivity contribution in [2.75, 3.05) is 19.7 Å². The molecule has 0 aromatic heterocycles. The summed E-state index contributed by atoms with van der Waals surface area (Å²) < 4.78 is 6.06. The third-order valence-corrected chi connectivity index (χ3v) is 5.13. The van der Waals surface area contributed by atoms with E-state index in [0.29, 0.717) is 5.92 Å². The first-order chi connectivity index (χ1) is 11.5. The molecule has 2 N–H and O–H groups in total. The van der Waals surface area contributed by atoms with Crippen molar-refractivity contribution in [3.05, 3.63) is 0 Å². The number of rotatable bonds is 4. The monoisotopic (exact) mass is 334 g/mol. The van der Waals surface area contributed by atoms with E-state index in [4.69, 9.17) is 9.73 Å². The van der Waals surface area contributed by atoms with Crippen LogP contribution in [0, 0.1) is 28.6 Å². The third kappa shape index (κ3) is 5.11. The molecule has 1 saturated heterocycles. The molecule has 2 aliphatic rings. The van der Waals surface area contributed by atoms with Crippen LogP contribution in [-0.2, 0) is 4.74 Å². The summed E-state index contributed by atoms with van der Waals surface area (Å²) in [6, 6.07) is 2.66. The van der Waals surface area contributed by atoms with Crippen molar-refractivity contribution in [1.82, 2.24) is 10.6 Å². The Bertz CT molecular complexity index is 463. The van der Waals surface area contributed by atoms with Gasteiger partial charge in [-0.2, -0.15) is 5.26 Å². The van der Waals surface area contributed by atoms with Crippen LogP contribution >= 0.6 is 0 Å². The lowest BCUT2D eigenvalue weighted by Crippen LogP contribution is -2.46. The smallest absolute Gasteiger partial charge is 0.191 e. The first-order valence-corrected chi connectivity index (χ1v) is 9.51. The summed E-state index contributed by atoms with van der Waals surface area (Å²) in [6.07, 6.45) is 5.73. The fourth-order valence-corrected chi connectivity index (χ4v) is 3.98. The minimum Gasteiger partial charge on any atom is -0.377 e. The van der Waals surface area contributed by atoms with Crippen LogP contribution in [-0.4, -0.2) is 37.8 Å². The Kier molecular flexibility index (Phi) is 6.91. The lowest BCUT2D eigenvalue weighted by molar-refractivity contribution is -0.0823. The van der Waals surface area contributed by atoms with E-state index in [1.807, 2.05) is 0 Å². The van der Waals surface area contributed by atoms with E-state index in [-0.39, 0.29) is 23.5 Å². The number of nitriles is 1. The molecule has 2 rings (SSSR count). The Morgan fingerprint density at radius 3 is 2.71 bits per heavy atom. The molecule has 0 aromatic carbocycles. The van der Waals surface area contributed by atoms with E-state index in [1.54, 1.807) is 0 Å². The number of hydrogen-bond donors (Lipinski definition) is 2. The standard InChI is InChI=1S/C19H34N4O/c1-5-21-18(23-16-10-6-8-14(16)12-20)22-13-15-9-7-11-24-17(15)19(2,3)4/h14-17H,5-11,13H2,1-4H3,(H2,21,22,23). The normalized spacial score (nSPS) is 31.5. The molecular formula is C19H34N4O. The van der Waals surface area contributed by atoms with Crippen LogP contribution in [0.5, 0.6) is 0 Å². The molecule has 0 radical (unpaired) electrons. The van der Waals surface area contributed by atoms with Crippen molar-refractivity contribution in [2.45, 2.75) is 71.9 Å². The maximum atomic E-state index is 9.27. The van der Waals surface area contributed by atoms with Crippen LogP contribution in [0.15, 0.2) is 4.99 Å². The molecule has 5 heteroatoms. The molecule has 24 heavy (non-hydrogen) atoms. The zero-order valence-corrected chi connectivity index (χ0v) is 15.8.